The van der Waals surface area contributed by atoms with E-state index in [-0.39, 0.29) is 54.2 Å². The second-order valence-electron chi connectivity index (χ2n) is 12.2. The van der Waals surface area contributed by atoms with Gasteiger partial charge in [0, 0.05) is 24.9 Å². The first-order chi connectivity index (χ1) is 18.7. The number of hydrogen-bond acceptors (Lipinski definition) is 5. The molecule has 1 saturated heterocycles. The van der Waals surface area contributed by atoms with Crippen molar-refractivity contribution < 1.29 is 23.7 Å². The van der Waals surface area contributed by atoms with Crippen LogP contribution in [0.4, 0.5) is 0 Å². The van der Waals surface area contributed by atoms with Gasteiger partial charge in [-0.25, -0.2) is 0 Å². The average Bonchev–Trinajstić information content (AvgIpc) is 3.36. The van der Waals surface area contributed by atoms with Crippen LogP contribution in [0.3, 0.4) is 0 Å². The highest BCUT2D eigenvalue weighted by molar-refractivity contribution is 5.94. The van der Waals surface area contributed by atoms with Gasteiger partial charge in [-0.15, -0.1) is 0 Å². The van der Waals surface area contributed by atoms with Crippen LogP contribution in [0.15, 0.2) is 65.3 Å². The Kier molecular flexibility index (Phi) is 10.4. The molecule has 1 aromatic carbocycles. The summed E-state index contributed by atoms with van der Waals surface area (Å²) in [5.41, 5.74) is 4.54. The summed E-state index contributed by atoms with van der Waals surface area (Å²) in [6.07, 6.45) is 11.5. The normalized spacial score (nSPS) is 38.3. The fourth-order valence-electron chi connectivity index (χ4n) is 6.88. The molecular weight excluding hydrogens is 488 g/mol. The van der Waals surface area contributed by atoms with Gasteiger partial charge in [-0.2, -0.15) is 0 Å². The number of benzene rings is 1. The molecule has 39 heavy (non-hydrogen) atoms. The number of Topliss-reactive ketones (excluding diaryl/α,β-unsaturated/α-hetero) is 1. The van der Waals surface area contributed by atoms with Crippen molar-refractivity contribution in [1.82, 2.24) is 0 Å². The molecule has 0 radical (unpaired) electrons. The molecule has 0 unspecified atom stereocenters. The van der Waals surface area contributed by atoms with Gasteiger partial charge in [-0.1, -0.05) is 73.6 Å². The Labute approximate surface area is 235 Å². The molecule has 1 heterocycles. The lowest BCUT2D eigenvalue weighted by molar-refractivity contribution is -0.202. The molecule has 0 aromatic heterocycles. The molecule has 0 amide bonds. The number of hydrogen-bond donors (Lipinski definition) is 0. The van der Waals surface area contributed by atoms with Gasteiger partial charge >= 0.3 is 0 Å². The number of ether oxygens (including phenoxy) is 4. The highest BCUT2D eigenvalue weighted by atomic mass is 16.7. The van der Waals surface area contributed by atoms with E-state index in [1.807, 2.05) is 25.1 Å². The number of methoxy groups -OCH3 is 1. The van der Waals surface area contributed by atoms with E-state index in [0.29, 0.717) is 13.0 Å². The van der Waals surface area contributed by atoms with Crippen LogP contribution in [-0.2, 0) is 30.3 Å². The Morgan fingerprint density at radius 2 is 1.72 bits per heavy atom. The molecule has 1 aliphatic heterocycles. The van der Waals surface area contributed by atoms with Crippen LogP contribution in [0.1, 0.15) is 78.7 Å². The zero-order chi connectivity index (χ0) is 28.0. The molecule has 1 saturated carbocycles. The van der Waals surface area contributed by atoms with E-state index < -0.39 is 0 Å². The minimum absolute atomic E-state index is 0.0893. The Balaban J connectivity index is 1.65. The maximum absolute atomic E-state index is 13.0. The third-order valence-corrected chi connectivity index (χ3v) is 9.38. The van der Waals surface area contributed by atoms with E-state index in [1.165, 1.54) is 11.1 Å². The highest BCUT2D eigenvalue weighted by Crippen LogP contribution is 2.59. The molecule has 0 bridgehead atoms. The Bertz CT molecular complexity index is 1060. The average molecular weight is 537 g/mol. The number of carbonyl (C=O) groups excluding carboxylic acids is 1. The number of fused-ring (bicyclic) bond motifs is 3. The van der Waals surface area contributed by atoms with Crippen molar-refractivity contribution in [3.8, 4) is 0 Å². The van der Waals surface area contributed by atoms with Crippen molar-refractivity contribution in [3.05, 3.63) is 70.8 Å². The van der Waals surface area contributed by atoms with Crippen LogP contribution in [0, 0.1) is 23.2 Å². The number of allylic oxidation sites excluding steroid dienone is 6. The molecule has 1 aromatic rings. The quantitative estimate of drug-likeness (QED) is 0.277. The van der Waals surface area contributed by atoms with Gasteiger partial charge in [0.25, 0.3) is 0 Å². The summed E-state index contributed by atoms with van der Waals surface area (Å²) < 4.78 is 24.9. The standard InChI is InChI=1S/C34H48O5/c1-23-11-10-12-24(2)19-20-34(5)28(17-16-25(3)29(35)18-15-23)30-26(4)33(37-21-27-13-8-7-9-14-27)39-31(30)32(34)38-22-36-6/h7-9,11,13-14,16,19,26,28,30-33H,10,12,15,17-18,20-22H2,1-6H3/b23-11+,24-19+,25-16+/t26-,28+,30+,31+,32+,33-,34-/m0/s1. The van der Waals surface area contributed by atoms with Crippen molar-refractivity contribution in [2.75, 3.05) is 13.9 Å². The number of ketones is 1. The van der Waals surface area contributed by atoms with Gasteiger partial charge in [-0.3, -0.25) is 4.79 Å². The van der Waals surface area contributed by atoms with E-state index in [2.05, 4.69) is 58.1 Å². The molecule has 0 spiro atoms. The molecule has 7 atom stereocenters. The number of rotatable bonds is 6. The van der Waals surface area contributed by atoms with Crippen molar-refractivity contribution in [3.63, 3.8) is 0 Å². The Morgan fingerprint density at radius 1 is 0.974 bits per heavy atom. The monoisotopic (exact) mass is 536 g/mol. The highest BCUT2D eigenvalue weighted by Gasteiger charge is 2.64. The van der Waals surface area contributed by atoms with E-state index >= 15 is 0 Å². The van der Waals surface area contributed by atoms with Gasteiger partial charge in [0.2, 0.25) is 0 Å². The van der Waals surface area contributed by atoms with Crippen molar-refractivity contribution in [2.24, 2.45) is 23.2 Å². The first-order valence-corrected chi connectivity index (χ1v) is 14.7. The lowest BCUT2D eigenvalue weighted by Crippen LogP contribution is -2.41. The molecular formula is C34H48O5. The SMILES string of the molecule is COCO[C@@H]1[C@@H]2O[C@H](OCc3ccccc3)[C@@H](C)[C@@H]2[C@H]2C/C=C(\C)C(=O)CC/C(C)=C/CC/C(C)=C/C[C@@]21C. The van der Waals surface area contributed by atoms with Crippen molar-refractivity contribution in [1.29, 1.82) is 0 Å². The first kappa shape index (κ1) is 29.9. The van der Waals surface area contributed by atoms with Gasteiger partial charge in [-0.05, 0) is 75.8 Å². The summed E-state index contributed by atoms with van der Waals surface area (Å²) in [4.78, 5) is 13.0. The van der Waals surface area contributed by atoms with Gasteiger partial charge in [0.15, 0.2) is 12.1 Å². The van der Waals surface area contributed by atoms with Crippen molar-refractivity contribution in [2.45, 2.75) is 98.2 Å². The van der Waals surface area contributed by atoms with Crippen LogP contribution < -0.4 is 0 Å². The van der Waals surface area contributed by atoms with Crippen LogP contribution in [-0.4, -0.2) is 38.2 Å². The smallest absolute Gasteiger partial charge is 0.161 e. The maximum atomic E-state index is 13.0. The van der Waals surface area contributed by atoms with Crippen LogP contribution in [0.2, 0.25) is 0 Å². The van der Waals surface area contributed by atoms with Gasteiger partial charge < -0.3 is 18.9 Å². The summed E-state index contributed by atoms with van der Waals surface area (Å²) in [6, 6.07) is 10.2. The second kappa shape index (κ2) is 13.5. The molecule has 5 nitrogen and oxygen atoms in total. The fourth-order valence-corrected chi connectivity index (χ4v) is 6.88. The van der Waals surface area contributed by atoms with Crippen LogP contribution in [0.25, 0.3) is 0 Å². The largest absolute Gasteiger partial charge is 0.359 e. The molecule has 5 heteroatoms. The molecule has 4 rings (SSSR count). The maximum Gasteiger partial charge on any atom is 0.161 e. The zero-order valence-corrected chi connectivity index (χ0v) is 24.8. The van der Waals surface area contributed by atoms with Crippen molar-refractivity contribution >= 4 is 5.78 Å². The summed E-state index contributed by atoms with van der Waals surface area (Å²) in [5.74, 6) is 0.976. The van der Waals surface area contributed by atoms with E-state index in [4.69, 9.17) is 18.9 Å². The Hall–Kier alpha value is -2.05. The third-order valence-electron chi connectivity index (χ3n) is 9.38. The molecule has 2 fully saturated rings. The lowest BCUT2D eigenvalue weighted by atomic mass is 9.69. The fraction of sp³-hybridized carbons (Fsp3) is 0.618. The van der Waals surface area contributed by atoms with E-state index in [0.717, 1.165) is 43.2 Å². The zero-order valence-electron chi connectivity index (χ0n) is 24.8. The van der Waals surface area contributed by atoms with E-state index in [9.17, 15) is 4.79 Å². The molecule has 2 aliphatic carbocycles. The third kappa shape index (κ3) is 7.00. The van der Waals surface area contributed by atoms with Crippen LogP contribution in [0.5, 0.6) is 0 Å². The molecule has 214 valence electrons. The van der Waals surface area contributed by atoms with Crippen LogP contribution >= 0.6 is 0 Å². The first-order valence-electron chi connectivity index (χ1n) is 14.7. The lowest BCUT2D eigenvalue weighted by Gasteiger charge is -2.39. The van der Waals surface area contributed by atoms with E-state index in [1.54, 1.807) is 7.11 Å². The topological polar surface area (TPSA) is 54.0 Å². The predicted molar refractivity (Wildman–Crippen MR) is 155 cm³/mol. The second-order valence-corrected chi connectivity index (χ2v) is 12.2. The predicted octanol–water partition coefficient (Wildman–Crippen LogP) is 7.57. The summed E-state index contributed by atoms with van der Waals surface area (Å²) in [7, 11) is 1.67. The Morgan fingerprint density at radius 3 is 2.46 bits per heavy atom. The molecule has 3 aliphatic rings. The summed E-state index contributed by atoms with van der Waals surface area (Å²) in [5, 5.41) is 0. The minimum atomic E-state index is -0.298. The van der Waals surface area contributed by atoms with Gasteiger partial charge in [0.05, 0.1) is 18.8 Å². The summed E-state index contributed by atoms with van der Waals surface area (Å²) in [6.45, 7) is 11.7. The summed E-state index contributed by atoms with van der Waals surface area (Å²) >= 11 is 0. The van der Waals surface area contributed by atoms with Gasteiger partial charge in [0.1, 0.15) is 6.79 Å². The minimum Gasteiger partial charge on any atom is -0.359 e. The molecule has 0 N–H and O–H groups in total. The number of carbonyl (C=O) groups is 1.